The molecule has 0 saturated carbocycles. The van der Waals surface area contributed by atoms with Crippen LogP contribution in [0.1, 0.15) is 0 Å². The summed E-state index contributed by atoms with van der Waals surface area (Å²) in [7, 11) is 0. The lowest BCUT2D eigenvalue weighted by atomic mass is 10.3. The summed E-state index contributed by atoms with van der Waals surface area (Å²) in [6, 6.07) is 12.5. The maximum absolute atomic E-state index is 10.1. The third-order valence-corrected chi connectivity index (χ3v) is 2.26. The van der Waals surface area contributed by atoms with Crippen LogP contribution in [0.4, 0.5) is 11.4 Å². The predicted molar refractivity (Wildman–Crippen MR) is 70.6 cm³/mol. The van der Waals surface area contributed by atoms with E-state index in [1.807, 2.05) is 0 Å². The van der Waals surface area contributed by atoms with Crippen LogP contribution < -0.4 is 5.73 Å². The van der Waals surface area contributed by atoms with E-state index in [-0.39, 0.29) is 16.5 Å². The first-order chi connectivity index (χ1) is 8.50. The van der Waals surface area contributed by atoms with Crippen LogP contribution in [-0.2, 0) is 0 Å². The number of rotatable bonds is 1. The van der Waals surface area contributed by atoms with Gasteiger partial charge in [0.1, 0.15) is 10.8 Å². The highest BCUT2D eigenvalue weighted by atomic mass is 35.5. The molecular weight excluding hydrogens is 256 g/mol. The van der Waals surface area contributed by atoms with Crippen molar-refractivity contribution in [2.45, 2.75) is 0 Å². The second-order valence-corrected chi connectivity index (χ2v) is 3.71. The van der Waals surface area contributed by atoms with Gasteiger partial charge >= 0.3 is 0 Å². The van der Waals surface area contributed by atoms with Crippen LogP contribution in [-0.4, -0.2) is 10.0 Å². The number of nitrogens with two attached hydrogens (primary N) is 1. The van der Waals surface area contributed by atoms with Gasteiger partial charge in [-0.1, -0.05) is 23.7 Å². The van der Waals surface area contributed by atoms with E-state index in [9.17, 15) is 10.1 Å². The Hall–Kier alpha value is -2.27. The minimum Gasteiger partial charge on any atom is -0.508 e. The molecule has 0 spiro atoms. The minimum atomic E-state index is -0.512. The van der Waals surface area contributed by atoms with Crippen molar-refractivity contribution in [3.05, 3.63) is 63.7 Å². The number of phenols is 1. The second-order valence-electron chi connectivity index (χ2n) is 3.30. The molecule has 2 aromatic rings. The van der Waals surface area contributed by atoms with Crippen LogP contribution >= 0.6 is 11.6 Å². The van der Waals surface area contributed by atoms with Crippen molar-refractivity contribution >= 4 is 23.0 Å². The van der Waals surface area contributed by atoms with Crippen molar-refractivity contribution in [3.63, 3.8) is 0 Å². The van der Waals surface area contributed by atoms with E-state index in [0.717, 1.165) is 0 Å². The van der Waals surface area contributed by atoms with Gasteiger partial charge in [0.05, 0.1) is 4.92 Å². The first kappa shape index (κ1) is 13.8. The van der Waals surface area contributed by atoms with Crippen LogP contribution in [0, 0.1) is 10.1 Å². The van der Waals surface area contributed by atoms with Crippen LogP contribution in [0.5, 0.6) is 5.75 Å². The van der Waals surface area contributed by atoms with Gasteiger partial charge in [0.2, 0.25) is 0 Å². The van der Waals surface area contributed by atoms with Gasteiger partial charge in [-0.3, -0.25) is 10.1 Å². The summed E-state index contributed by atoms with van der Waals surface area (Å²) in [6.45, 7) is 0. The number of nitro groups is 1. The van der Waals surface area contributed by atoms with Gasteiger partial charge in [0, 0.05) is 11.8 Å². The number of para-hydroxylation sites is 1. The molecule has 94 valence electrons. The molecule has 2 rings (SSSR count). The van der Waals surface area contributed by atoms with Gasteiger partial charge < -0.3 is 10.8 Å². The number of hydrogen-bond donors (Lipinski definition) is 2. The molecular formula is C12H11ClN2O3. The minimum absolute atomic E-state index is 0.0517. The zero-order valence-corrected chi connectivity index (χ0v) is 10.0. The Kier molecular flexibility index (Phi) is 4.95. The highest BCUT2D eigenvalue weighted by molar-refractivity contribution is 6.32. The Morgan fingerprint density at radius 2 is 1.67 bits per heavy atom. The average molecular weight is 267 g/mol. The van der Waals surface area contributed by atoms with E-state index in [1.165, 1.54) is 12.1 Å². The lowest BCUT2D eigenvalue weighted by Gasteiger charge is -1.90. The standard InChI is InChI=1S/C6H4ClNO2.C6H7NO/c7-5-3-1-2-4-6(5)8(9)10;7-5-1-3-6(8)4-2-5/h1-4H;1-4,8H,7H2. The van der Waals surface area contributed by atoms with E-state index >= 15 is 0 Å². The number of nitrogens with zero attached hydrogens (tertiary/aromatic N) is 1. The summed E-state index contributed by atoms with van der Waals surface area (Å²) in [5.41, 5.74) is 5.93. The summed E-state index contributed by atoms with van der Waals surface area (Å²) in [4.78, 5) is 9.63. The largest absolute Gasteiger partial charge is 0.508 e. The van der Waals surface area contributed by atoms with Crippen LogP contribution in [0.2, 0.25) is 5.02 Å². The average Bonchev–Trinajstić information content (AvgIpc) is 2.34. The second kappa shape index (κ2) is 6.46. The highest BCUT2D eigenvalue weighted by Gasteiger charge is 2.08. The zero-order valence-electron chi connectivity index (χ0n) is 9.29. The van der Waals surface area contributed by atoms with Gasteiger partial charge in [-0.05, 0) is 30.3 Å². The van der Waals surface area contributed by atoms with Gasteiger partial charge in [0.15, 0.2) is 0 Å². The zero-order chi connectivity index (χ0) is 13.5. The maximum atomic E-state index is 10.1. The lowest BCUT2D eigenvalue weighted by Crippen LogP contribution is -1.87. The Balaban J connectivity index is 0.000000184. The summed E-state index contributed by atoms with van der Waals surface area (Å²) in [5, 5.41) is 19.0. The number of phenolic OH excluding ortho intramolecular Hbond substituents is 1. The van der Waals surface area contributed by atoms with Crippen molar-refractivity contribution in [2.75, 3.05) is 5.73 Å². The Labute approximate surface area is 109 Å². The molecule has 3 N–H and O–H groups in total. The van der Waals surface area contributed by atoms with E-state index < -0.39 is 4.92 Å². The molecule has 5 nitrogen and oxygen atoms in total. The molecule has 2 aromatic carbocycles. The van der Waals surface area contributed by atoms with Crippen molar-refractivity contribution in [1.82, 2.24) is 0 Å². The van der Waals surface area contributed by atoms with Crippen molar-refractivity contribution in [3.8, 4) is 5.75 Å². The Bertz CT molecular complexity index is 508. The smallest absolute Gasteiger partial charge is 0.287 e. The third kappa shape index (κ3) is 4.31. The van der Waals surface area contributed by atoms with E-state index in [1.54, 1.807) is 36.4 Å². The van der Waals surface area contributed by atoms with Crippen molar-refractivity contribution < 1.29 is 10.0 Å². The molecule has 6 heteroatoms. The molecule has 0 bridgehead atoms. The summed E-state index contributed by atoms with van der Waals surface area (Å²) in [6.07, 6.45) is 0. The van der Waals surface area contributed by atoms with Gasteiger partial charge in [-0.15, -0.1) is 0 Å². The Morgan fingerprint density at radius 3 is 2.06 bits per heavy atom. The van der Waals surface area contributed by atoms with Crippen molar-refractivity contribution in [1.29, 1.82) is 0 Å². The number of benzene rings is 2. The molecule has 0 unspecified atom stereocenters. The molecule has 0 aliphatic carbocycles. The molecule has 0 heterocycles. The fraction of sp³-hybridized carbons (Fsp3) is 0. The number of hydrogen-bond acceptors (Lipinski definition) is 4. The van der Waals surface area contributed by atoms with Gasteiger partial charge in [-0.2, -0.15) is 0 Å². The van der Waals surface area contributed by atoms with Crippen molar-refractivity contribution in [2.24, 2.45) is 0 Å². The molecule has 0 fully saturated rings. The predicted octanol–water partition coefficient (Wildman–Crippen LogP) is 3.22. The topological polar surface area (TPSA) is 89.4 Å². The molecule has 0 amide bonds. The normalized spacial score (nSPS) is 9.17. The van der Waals surface area contributed by atoms with Crippen LogP contribution in [0.25, 0.3) is 0 Å². The summed E-state index contributed by atoms with van der Waals surface area (Å²) in [5.74, 6) is 0.249. The molecule has 0 saturated heterocycles. The molecule has 0 aromatic heterocycles. The number of anilines is 1. The van der Waals surface area contributed by atoms with E-state index in [0.29, 0.717) is 5.69 Å². The van der Waals surface area contributed by atoms with Gasteiger partial charge in [-0.25, -0.2) is 0 Å². The van der Waals surface area contributed by atoms with Crippen LogP contribution in [0.3, 0.4) is 0 Å². The number of nitro benzene ring substituents is 1. The maximum Gasteiger partial charge on any atom is 0.287 e. The first-order valence-corrected chi connectivity index (χ1v) is 5.32. The molecule has 0 aliphatic heterocycles. The quantitative estimate of drug-likeness (QED) is 0.359. The number of halogens is 1. The van der Waals surface area contributed by atoms with Gasteiger partial charge in [0.25, 0.3) is 5.69 Å². The van der Waals surface area contributed by atoms with Crippen LogP contribution in [0.15, 0.2) is 48.5 Å². The summed E-state index contributed by atoms with van der Waals surface area (Å²) >= 11 is 5.48. The molecule has 18 heavy (non-hydrogen) atoms. The summed E-state index contributed by atoms with van der Waals surface area (Å²) < 4.78 is 0. The fourth-order valence-corrected chi connectivity index (χ4v) is 1.28. The Morgan fingerprint density at radius 1 is 1.11 bits per heavy atom. The number of aromatic hydroxyl groups is 1. The monoisotopic (exact) mass is 266 g/mol. The fourth-order valence-electron chi connectivity index (χ4n) is 1.07. The third-order valence-electron chi connectivity index (χ3n) is 1.94. The van der Waals surface area contributed by atoms with E-state index in [4.69, 9.17) is 22.4 Å². The SMILES string of the molecule is Nc1ccc(O)cc1.O=[N+]([O-])c1ccccc1Cl. The highest BCUT2D eigenvalue weighted by Crippen LogP contribution is 2.22. The lowest BCUT2D eigenvalue weighted by molar-refractivity contribution is -0.384. The molecule has 0 radical (unpaired) electrons. The molecule has 0 aliphatic rings. The van der Waals surface area contributed by atoms with E-state index in [2.05, 4.69) is 0 Å². The molecule has 0 atom stereocenters. The first-order valence-electron chi connectivity index (χ1n) is 4.94. The number of nitrogen functional groups attached to an aromatic ring is 1.